The number of phenolic OH excluding ortho intramolecular Hbond substituents is 1. The van der Waals surface area contributed by atoms with E-state index in [0.717, 1.165) is 0 Å². The van der Waals surface area contributed by atoms with Crippen LogP contribution in [0.25, 0.3) is 22.7 Å². The second kappa shape index (κ2) is 7.19. The number of nitrogens with zero attached hydrogens (tertiary/aromatic N) is 3. The molecule has 4 rings (SSSR count). The monoisotopic (exact) mass is 417 g/mol. The number of oxazole rings is 1. The van der Waals surface area contributed by atoms with Crippen LogP contribution in [-0.4, -0.2) is 21.3 Å². The minimum absolute atomic E-state index is 0.0935. The molecular weight excluding hydrogens is 409 g/mol. The van der Waals surface area contributed by atoms with Crippen LogP contribution in [-0.2, 0) is 0 Å². The molecule has 0 saturated heterocycles. The average molecular weight is 419 g/mol. The van der Waals surface area contributed by atoms with Gasteiger partial charge in [0.25, 0.3) is 0 Å². The number of benzene rings is 2. The van der Waals surface area contributed by atoms with Crippen molar-refractivity contribution in [3.05, 3.63) is 69.3 Å². The van der Waals surface area contributed by atoms with E-state index < -0.39 is 0 Å². The maximum absolute atomic E-state index is 10.0. The zero-order chi connectivity index (χ0) is 19.0. The predicted molar refractivity (Wildman–Crippen MR) is 108 cm³/mol. The van der Waals surface area contributed by atoms with Crippen LogP contribution >= 0.6 is 34.8 Å². The van der Waals surface area contributed by atoms with Crippen LogP contribution < -0.4 is 0 Å². The van der Waals surface area contributed by atoms with Gasteiger partial charge in [-0.3, -0.25) is 4.99 Å². The van der Waals surface area contributed by atoms with Crippen LogP contribution in [0.3, 0.4) is 0 Å². The van der Waals surface area contributed by atoms with Crippen molar-refractivity contribution in [2.24, 2.45) is 4.99 Å². The van der Waals surface area contributed by atoms with Crippen LogP contribution in [0.1, 0.15) is 5.56 Å². The Bertz CT molecular complexity index is 1160. The Kier molecular flexibility index (Phi) is 4.74. The van der Waals surface area contributed by atoms with Gasteiger partial charge >= 0.3 is 0 Å². The average Bonchev–Trinajstić information content (AvgIpc) is 3.08. The maximum Gasteiger partial charge on any atom is 0.230 e. The molecule has 27 heavy (non-hydrogen) atoms. The maximum atomic E-state index is 10.0. The van der Waals surface area contributed by atoms with Gasteiger partial charge in [0.15, 0.2) is 11.2 Å². The fraction of sp³-hybridized carbons (Fsp3) is 0. The fourth-order valence-electron chi connectivity index (χ4n) is 2.47. The molecule has 0 aliphatic carbocycles. The van der Waals surface area contributed by atoms with Crippen LogP contribution in [0.2, 0.25) is 15.1 Å². The number of fused-ring (bicyclic) bond motifs is 1. The topological polar surface area (TPSA) is 71.5 Å². The van der Waals surface area contributed by atoms with Crippen molar-refractivity contribution >= 4 is 57.9 Å². The largest absolute Gasteiger partial charge is 0.506 e. The summed E-state index contributed by atoms with van der Waals surface area (Å²) in [6, 6.07) is 11.7. The first-order valence-corrected chi connectivity index (χ1v) is 8.88. The molecule has 0 spiro atoms. The first-order valence-electron chi connectivity index (χ1n) is 7.75. The molecular formula is C19H10Cl3N3O2. The lowest BCUT2D eigenvalue weighted by atomic mass is 10.2. The number of pyridine rings is 1. The van der Waals surface area contributed by atoms with E-state index in [1.54, 1.807) is 42.6 Å². The summed E-state index contributed by atoms with van der Waals surface area (Å²) < 4.78 is 5.72. The summed E-state index contributed by atoms with van der Waals surface area (Å²) in [5.41, 5.74) is 2.62. The van der Waals surface area contributed by atoms with Crippen molar-refractivity contribution in [2.75, 3.05) is 0 Å². The number of phenols is 1. The van der Waals surface area contributed by atoms with Gasteiger partial charge in [0.1, 0.15) is 5.75 Å². The second-order valence-electron chi connectivity index (χ2n) is 5.59. The molecule has 134 valence electrons. The molecule has 0 atom stereocenters. The Morgan fingerprint density at radius 3 is 2.70 bits per heavy atom. The van der Waals surface area contributed by atoms with E-state index in [1.165, 1.54) is 12.3 Å². The molecule has 0 aliphatic heterocycles. The smallest absolute Gasteiger partial charge is 0.230 e. The molecule has 0 fully saturated rings. The zero-order valence-corrected chi connectivity index (χ0v) is 15.8. The van der Waals surface area contributed by atoms with E-state index in [1.807, 2.05) is 0 Å². The Hall–Kier alpha value is -2.60. The first-order chi connectivity index (χ1) is 13.0. The molecule has 0 saturated carbocycles. The minimum atomic E-state index is -0.0935. The highest BCUT2D eigenvalue weighted by atomic mass is 35.5. The number of rotatable bonds is 3. The quantitative estimate of drug-likeness (QED) is 0.396. The standard InChI is InChI=1S/C19H10Cl3N3O2/c20-11-6-10(17(26)15(22)7-11)9-24-12-3-4-14(21)13(8-12)19-25-18-16(27-19)2-1-5-23-18/h1-9,26H. The lowest BCUT2D eigenvalue weighted by molar-refractivity contribution is 0.475. The van der Waals surface area contributed by atoms with E-state index in [-0.39, 0.29) is 10.8 Å². The van der Waals surface area contributed by atoms with Crippen LogP contribution in [0.5, 0.6) is 5.75 Å². The molecule has 4 aromatic rings. The molecule has 0 aliphatic rings. The summed E-state index contributed by atoms with van der Waals surface area (Å²) in [4.78, 5) is 12.9. The van der Waals surface area contributed by atoms with Crippen molar-refractivity contribution in [3.8, 4) is 17.2 Å². The van der Waals surface area contributed by atoms with Gasteiger partial charge in [-0.15, -0.1) is 0 Å². The minimum Gasteiger partial charge on any atom is -0.506 e. The summed E-state index contributed by atoms with van der Waals surface area (Å²) in [5.74, 6) is 0.253. The van der Waals surface area contributed by atoms with E-state index in [9.17, 15) is 5.11 Å². The van der Waals surface area contributed by atoms with Gasteiger partial charge in [-0.2, -0.15) is 4.98 Å². The molecule has 1 N–H and O–H groups in total. The fourth-order valence-corrected chi connectivity index (χ4v) is 3.18. The number of hydrogen-bond donors (Lipinski definition) is 1. The van der Waals surface area contributed by atoms with Gasteiger partial charge in [0.05, 0.1) is 21.3 Å². The second-order valence-corrected chi connectivity index (χ2v) is 6.84. The molecule has 2 heterocycles. The zero-order valence-electron chi connectivity index (χ0n) is 13.5. The molecule has 2 aromatic carbocycles. The van der Waals surface area contributed by atoms with Gasteiger partial charge in [-0.05, 0) is 42.5 Å². The summed E-state index contributed by atoms with van der Waals surface area (Å²) >= 11 is 18.2. The predicted octanol–water partition coefficient (Wildman–Crippen LogP) is 6.31. The molecule has 8 heteroatoms. The number of halogens is 3. The Balaban J connectivity index is 1.72. The Morgan fingerprint density at radius 1 is 1.04 bits per heavy atom. The van der Waals surface area contributed by atoms with Crippen molar-refractivity contribution in [1.82, 2.24) is 9.97 Å². The highest BCUT2D eigenvalue weighted by Gasteiger charge is 2.13. The third kappa shape index (κ3) is 3.62. The third-order valence-electron chi connectivity index (χ3n) is 3.76. The van der Waals surface area contributed by atoms with E-state index in [2.05, 4.69) is 15.0 Å². The first kappa shape index (κ1) is 17.8. The van der Waals surface area contributed by atoms with Crippen LogP contribution in [0.4, 0.5) is 5.69 Å². The molecule has 0 amide bonds. The highest BCUT2D eigenvalue weighted by Crippen LogP contribution is 2.34. The number of aromatic hydroxyl groups is 1. The Morgan fingerprint density at radius 2 is 1.89 bits per heavy atom. The van der Waals surface area contributed by atoms with E-state index in [4.69, 9.17) is 39.2 Å². The Labute approximate surface area is 168 Å². The van der Waals surface area contributed by atoms with Gasteiger partial charge in [-0.1, -0.05) is 34.8 Å². The highest BCUT2D eigenvalue weighted by molar-refractivity contribution is 6.36. The van der Waals surface area contributed by atoms with Crippen molar-refractivity contribution < 1.29 is 9.52 Å². The summed E-state index contributed by atoms with van der Waals surface area (Å²) in [7, 11) is 0. The van der Waals surface area contributed by atoms with Crippen molar-refractivity contribution in [1.29, 1.82) is 0 Å². The van der Waals surface area contributed by atoms with Crippen LogP contribution in [0.15, 0.2) is 58.1 Å². The lowest BCUT2D eigenvalue weighted by Gasteiger charge is -2.03. The molecule has 0 bridgehead atoms. The SMILES string of the molecule is Oc1c(Cl)cc(Cl)cc1C=Nc1ccc(Cl)c(-c2nc3ncccc3o2)c1. The van der Waals surface area contributed by atoms with Gasteiger partial charge < -0.3 is 9.52 Å². The number of aromatic nitrogens is 2. The lowest BCUT2D eigenvalue weighted by Crippen LogP contribution is -1.85. The van der Waals surface area contributed by atoms with Gasteiger partial charge in [-0.25, -0.2) is 4.98 Å². The third-order valence-corrected chi connectivity index (χ3v) is 4.59. The van der Waals surface area contributed by atoms with Crippen molar-refractivity contribution in [3.63, 3.8) is 0 Å². The van der Waals surface area contributed by atoms with Crippen molar-refractivity contribution in [2.45, 2.75) is 0 Å². The normalized spacial score (nSPS) is 11.5. The summed E-state index contributed by atoms with van der Waals surface area (Å²) in [5, 5.41) is 11.0. The van der Waals surface area contributed by atoms with Gasteiger partial charge in [0.2, 0.25) is 5.89 Å². The number of hydrogen-bond acceptors (Lipinski definition) is 5. The summed E-state index contributed by atoms with van der Waals surface area (Å²) in [6.07, 6.45) is 3.10. The van der Waals surface area contributed by atoms with E-state index >= 15 is 0 Å². The molecule has 0 unspecified atom stereocenters. The number of aliphatic imine (C=N–C) groups is 1. The van der Waals surface area contributed by atoms with Gasteiger partial charge in [0, 0.05) is 23.0 Å². The van der Waals surface area contributed by atoms with Crippen LogP contribution in [0, 0.1) is 0 Å². The molecule has 0 radical (unpaired) electrons. The molecule has 2 aromatic heterocycles. The summed E-state index contributed by atoms with van der Waals surface area (Å²) in [6.45, 7) is 0. The van der Waals surface area contributed by atoms with E-state index in [0.29, 0.717) is 44.0 Å². The molecule has 5 nitrogen and oxygen atoms in total.